The van der Waals surface area contributed by atoms with Crippen LogP contribution in [0, 0.1) is 5.41 Å². The van der Waals surface area contributed by atoms with Crippen molar-refractivity contribution >= 4 is 28.0 Å². The normalized spacial score (nSPS) is 16.1. The number of rotatable bonds is 6. The molecule has 8 nitrogen and oxygen atoms in total. The highest BCUT2D eigenvalue weighted by molar-refractivity contribution is 6.15. The Kier molecular flexibility index (Phi) is 5.73. The number of H-pyrrole nitrogens is 2. The first-order chi connectivity index (χ1) is 15.0. The number of aromatic nitrogens is 4. The van der Waals surface area contributed by atoms with Crippen LogP contribution in [0.25, 0.3) is 16.6 Å². The summed E-state index contributed by atoms with van der Waals surface area (Å²) in [5.41, 5.74) is 11.6. The molecule has 3 aromatic rings. The van der Waals surface area contributed by atoms with E-state index in [0.29, 0.717) is 17.0 Å². The molecule has 0 atom stereocenters. The Balaban J connectivity index is 1.70. The van der Waals surface area contributed by atoms with Crippen LogP contribution in [0.15, 0.2) is 60.7 Å². The third-order valence-corrected chi connectivity index (χ3v) is 5.68. The van der Waals surface area contributed by atoms with E-state index in [1.165, 1.54) is 0 Å². The van der Waals surface area contributed by atoms with E-state index in [-0.39, 0.29) is 5.71 Å². The van der Waals surface area contributed by atoms with Crippen LogP contribution >= 0.6 is 0 Å². The minimum atomic E-state index is 0.276. The molecule has 4 heterocycles. The van der Waals surface area contributed by atoms with E-state index < -0.39 is 0 Å². The molecule has 3 aromatic heterocycles. The minimum Gasteiger partial charge on any atom is -0.399 e. The Hall–Kier alpha value is -3.65. The lowest BCUT2D eigenvalue weighted by Crippen LogP contribution is -2.44. The number of hydrogen-bond donors (Lipinski definition) is 4. The second-order valence-electron chi connectivity index (χ2n) is 7.75. The van der Waals surface area contributed by atoms with Crippen LogP contribution in [0.5, 0.6) is 0 Å². The molecule has 0 bridgehead atoms. The minimum absolute atomic E-state index is 0.276. The zero-order valence-corrected chi connectivity index (χ0v) is 17.9. The maximum absolute atomic E-state index is 8.85. The van der Waals surface area contributed by atoms with Crippen molar-refractivity contribution < 1.29 is 0 Å². The Morgan fingerprint density at radius 2 is 2.06 bits per heavy atom. The van der Waals surface area contributed by atoms with Crippen molar-refractivity contribution in [1.82, 2.24) is 25.1 Å². The zero-order valence-electron chi connectivity index (χ0n) is 17.9. The van der Waals surface area contributed by atoms with Gasteiger partial charge in [0.1, 0.15) is 5.65 Å². The van der Waals surface area contributed by atoms with Gasteiger partial charge in [0.2, 0.25) is 0 Å². The van der Waals surface area contributed by atoms with Crippen molar-refractivity contribution in [3.05, 3.63) is 72.0 Å². The highest BCUT2D eigenvalue weighted by Gasteiger charge is 2.20. The monoisotopic (exact) mass is 416 g/mol. The molecule has 1 aliphatic heterocycles. The van der Waals surface area contributed by atoms with Gasteiger partial charge in [0, 0.05) is 66.5 Å². The van der Waals surface area contributed by atoms with Crippen LogP contribution in [0.4, 0.5) is 5.69 Å². The lowest BCUT2D eigenvalue weighted by atomic mass is 9.99. The van der Waals surface area contributed by atoms with Gasteiger partial charge in [-0.1, -0.05) is 12.7 Å². The third-order valence-electron chi connectivity index (χ3n) is 5.68. The van der Waals surface area contributed by atoms with Gasteiger partial charge >= 0.3 is 0 Å². The summed E-state index contributed by atoms with van der Waals surface area (Å²) in [5.74, 6) is 0. The summed E-state index contributed by atoms with van der Waals surface area (Å²) in [6, 6.07) is 4.03. The summed E-state index contributed by atoms with van der Waals surface area (Å²) < 4.78 is 0. The maximum atomic E-state index is 8.85. The Morgan fingerprint density at radius 1 is 1.29 bits per heavy atom. The van der Waals surface area contributed by atoms with E-state index in [4.69, 9.17) is 11.1 Å². The molecule has 5 N–H and O–H groups in total. The summed E-state index contributed by atoms with van der Waals surface area (Å²) in [5, 5.41) is 16.7. The number of nitrogens with two attached hydrogens (primary N) is 1. The summed E-state index contributed by atoms with van der Waals surface area (Å²) in [7, 11) is 2.14. The fourth-order valence-electron chi connectivity index (χ4n) is 3.84. The van der Waals surface area contributed by atoms with Crippen molar-refractivity contribution in [2.75, 3.05) is 38.1 Å². The van der Waals surface area contributed by atoms with E-state index in [2.05, 4.69) is 43.6 Å². The molecule has 160 valence electrons. The average molecular weight is 417 g/mol. The van der Waals surface area contributed by atoms with Crippen molar-refractivity contribution in [2.24, 2.45) is 5.73 Å². The summed E-state index contributed by atoms with van der Waals surface area (Å²) in [6.07, 6.45) is 9.19. The van der Waals surface area contributed by atoms with Gasteiger partial charge in [-0.25, -0.2) is 4.98 Å². The molecule has 31 heavy (non-hydrogen) atoms. The first kappa shape index (κ1) is 20.6. The topological polar surface area (TPSA) is 114 Å². The predicted molar refractivity (Wildman–Crippen MR) is 126 cm³/mol. The second kappa shape index (κ2) is 8.61. The van der Waals surface area contributed by atoms with E-state index >= 15 is 0 Å². The van der Waals surface area contributed by atoms with Crippen LogP contribution in [0.2, 0.25) is 0 Å². The Bertz CT molecular complexity index is 1160. The third kappa shape index (κ3) is 4.15. The lowest BCUT2D eigenvalue weighted by molar-refractivity contribution is 0.313. The van der Waals surface area contributed by atoms with Gasteiger partial charge in [-0.05, 0) is 37.8 Å². The molecule has 0 saturated carbocycles. The first-order valence-corrected chi connectivity index (χ1v) is 10.3. The van der Waals surface area contributed by atoms with Crippen molar-refractivity contribution in [3.63, 3.8) is 0 Å². The molecule has 0 aromatic carbocycles. The number of fused-ring (bicyclic) bond motifs is 1. The summed E-state index contributed by atoms with van der Waals surface area (Å²) in [6.45, 7) is 9.82. The van der Waals surface area contributed by atoms with Crippen molar-refractivity contribution in [1.29, 1.82) is 5.41 Å². The number of likely N-dealkylation sites (N-methyl/N-ethyl adjacent to an activating group) is 1. The van der Waals surface area contributed by atoms with E-state index in [1.807, 2.05) is 43.6 Å². The summed E-state index contributed by atoms with van der Waals surface area (Å²) >= 11 is 0. The number of nitrogens with zero attached hydrogens (tertiary/aromatic N) is 4. The van der Waals surface area contributed by atoms with E-state index in [1.54, 1.807) is 6.20 Å². The molecule has 1 aliphatic rings. The van der Waals surface area contributed by atoms with Crippen LogP contribution in [-0.4, -0.2) is 64.0 Å². The smallest absolute Gasteiger partial charge is 0.139 e. The van der Waals surface area contributed by atoms with Crippen LogP contribution in [0.1, 0.15) is 18.2 Å². The molecule has 4 rings (SSSR count). The fraction of sp³-hybridized carbons (Fsp3) is 0.261. The van der Waals surface area contributed by atoms with Gasteiger partial charge in [-0.2, -0.15) is 5.10 Å². The number of pyridine rings is 1. The number of piperazine rings is 1. The zero-order chi connectivity index (χ0) is 22.0. The molecule has 0 spiro atoms. The van der Waals surface area contributed by atoms with Crippen molar-refractivity contribution in [3.8, 4) is 0 Å². The predicted octanol–water partition coefficient (Wildman–Crippen LogP) is 2.91. The quantitative estimate of drug-likeness (QED) is 0.364. The molecule has 8 heteroatoms. The van der Waals surface area contributed by atoms with Crippen LogP contribution in [-0.2, 0) is 0 Å². The summed E-state index contributed by atoms with van der Waals surface area (Å²) in [4.78, 5) is 12.5. The Morgan fingerprint density at radius 3 is 2.71 bits per heavy atom. The molecule has 1 saturated heterocycles. The fourth-order valence-corrected chi connectivity index (χ4v) is 3.84. The number of nitrogens with one attached hydrogen (secondary N) is 3. The van der Waals surface area contributed by atoms with E-state index in [0.717, 1.165) is 54.0 Å². The first-order valence-electron chi connectivity index (χ1n) is 10.3. The number of aromatic amines is 2. The molecular formula is C23H28N8. The van der Waals surface area contributed by atoms with Crippen molar-refractivity contribution in [2.45, 2.75) is 6.92 Å². The highest BCUT2D eigenvalue weighted by atomic mass is 15.2. The van der Waals surface area contributed by atoms with Gasteiger partial charge in [0.25, 0.3) is 0 Å². The second-order valence-corrected chi connectivity index (χ2v) is 7.75. The maximum Gasteiger partial charge on any atom is 0.139 e. The molecule has 0 aliphatic carbocycles. The SMILES string of the molecule is C=C(N)/C(=C\C(=C/C)c1cn[nH]c1)C(=N)c1cc2c(N3CCN(C)CC3)ccnc2[nH]1. The standard InChI is InChI=1S/C23H28N8/c1-4-16(17-13-27-28-14-17)11-18(15(2)24)22(25)20-12-19-21(5-6-26-23(19)29-20)31-9-7-30(3)8-10-31/h4-6,11-14,25H,2,7-10,24H2,1,3H3,(H,26,29)(H,27,28)/b16-4+,18-11+,25-22?. The van der Waals surface area contributed by atoms with Gasteiger partial charge < -0.3 is 20.5 Å². The molecular weight excluding hydrogens is 388 g/mol. The largest absolute Gasteiger partial charge is 0.399 e. The lowest BCUT2D eigenvalue weighted by Gasteiger charge is -2.34. The Labute approximate surface area is 181 Å². The molecule has 1 fully saturated rings. The van der Waals surface area contributed by atoms with Gasteiger partial charge in [0.05, 0.1) is 17.6 Å². The highest BCUT2D eigenvalue weighted by Crippen LogP contribution is 2.29. The molecule has 0 unspecified atom stereocenters. The average Bonchev–Trinajstić information content (AvgIpc) is 3.44. The van der Waals surface area contributed by atoms with Gasteiger partial charge in [-0.3, -0.25) is 10.5 Å². The van der Waals surface area contributed by atoms with E-state index in [9.17, 15) is 0 Å². The molecule has 0 amide bonds. The van der Waals surface area contributed by atoms with Gasteiger partial charge in [0.15, 0.2) is 0 Å². The number of hydrogen-bond acceptors (Lipinski definition) is 6. The van der Waals surface area contributed by atoms with Crippen LogP contribution < -0.4 is 10.6 Å². The number of allylic oxidation sites excluding steroid dienone is 4. The number of anilines is 1. The van der Waals surface area contributed by atoms with Crippen LogP contribution in [0.3, 0.4) is 0 Å². The molecule has 0 radical (unpaired) electrons. The van der Waals surface area contributed by atoms with Gasteiger partial charge in [-0.15, -0.1) is 0 Å².